The smallest absolute Gasteiger partial charge is 0.163 e. The average molecular weight is 245 g/mol. The molecule has 0 unspecified atom stereocenters. The highest BCUT2D eigenvalue weighted by molar-refractivity contribution is 5.49. The molecule has 3 rings (SSSR count). The summed E-state index contributed by atoms with van der Waals surface area (Å²) in [6.45, 7) is 1.97. The van der Waals surface area contributed by atoms with E-state index >= 15 is 0 Å². The van der Waals surface area contributed by atoms with Gasteiger partial charge in [0.2, 0.25) is 0 Å². The average Bonchev–Trinajstić information content (AvgIpc) is 2.87. The van der Waals surface area contributed by atoms with Crippen LogP contribution in [0.15, 0.2) is 30.5 Å². The number of fused-ring (bicyclic) bond motifs is 1. The lowest BCUT2D eigenvalue weighted by atomic mass is 10.2. The summed E-state index contributed by atoms with van der Waals surface area (Å²) in [6.07, 6.45) is 1.94. The van der Waals surface area contributed by atoms with E-state index in [-0.39, 0.29) is 0 Å². The minimum absolute atomic E-state index is 0.598. The third kappa shape index (κ3) is 2.04. The van der Waals surface area contributed by atoms with Crippen molar-refractivity contribution in [3.63, 3.8) is 0 Å². The van der Waals surface area contributed by atoms with Gasteiger partial charge in [-0.15, -0.1) is 0 Å². The van der Waals surface area contributed by atoms with Gasteiger partial charge in [-0.2, -0.15) is 5.10 Å². The number of nitrogens with one attached hydrogen (secondary N) is 1. The van der Waals surface area contributed by atoms with Gasteiger partial charge in [-0.05, 0) is 25.2 Å². The van der Waals surface area contributed by atoms with Crippen LogP contribution in [0.5, 0.6) is 11.5 Å². The van der Waals surface area contributed by atoms with Gasteiger partial charge in [-0.25, -0.2) is 4.68 Å². The van der Waals surface area contributed by atoms with E-state index in [1.807, 2.05) is 42.2 Å². The van der Waals surface area contributed by atoms with Crippen LogP contribution in [0.3, 0.4) is 0 Å². The van der Waals surface area contributed by atoms with Crippen molar-refractivity contribution in [3.05, 3.63) is 36.2 Å². The van der Waals surface area contributed by atoms with Crippen molar-refractivity contribution < 1.29 is 9.47 Å². The van der Waals surface area contributed by atoms with Crippen LogP contribution in [-0.2, 0) is 6.54 Å². The molecule has 0 saturated heterocycles. The minimum atomic E-state index is 0.598. The van der Waals surface area contributed by atoms with Crippen molar-refractivity contribution in [2.24, 2.45) is 0 Å². The maximum Gasteiger partial charge on any atom is 0.163 e. The zero-order valence-electron chi connectivity index (χ0n) is 10.2. The van der Waals surface area contributed by atoms with E-state index < -0.39 is 0 Å². The summed E-state index contributed by atoms with van der Waals surface area (Å²) in [7, 11) is 1.91. The van der Waals surface area contributed by atoms with Crippen LogP contribution in [0.25, 0.3) is 5.69 Å². The Morgan fingerprint density at radius 3 is 2.89 bits per heavy atom. The summed E-state index contributed by atoms with van der Waals surface area (Å²) >= 11 is 0. The van der Waals surface area contributed by atoms with Gasteiger partial charge in [0.25, 0.3) is 0 Å². The fourth-order valence-corrected chi connectivity index (χ4v) is 1.96. The van der Waals surface area contributed by atoms with Gasteiger partial charge in [-0.1, -0.05) is 0 Å². The first-order valence-corrected chi connectivity index (χ1v) is 5.96. The van der Waals surface area contributed by atoms with E-state index in [9.17, 15) is 0 Å². The number of rotatable bonds is 3. The molecule has 0 bridgehead atoms. The Morgan fingerprint density at radius 2 is 2.06 bits per heavy atom. The number of ether oxygens (including phenoxy) is 2. The lowest BCUT2D eigenvalue weighted by Crippen LogP contribution is -2.15. The third-order valence-electron chi connectivity index (χ3n) is 2.79. The molecule has 0 saturated carbocycles. The first-order valence-electron chi connectivity index (χ1n) is 5.96. The van der Waals surface area contributed by atoms with E-state index in [0.29, 0.717) is 13.2 Å². The molecule has 0 radical (unpaired) electrons. The van der Waals surface area contributed by atoms with E-state index in [1.54, 1.807) is 0 Å². The topological polar surface area (TPSA) is 48.3 Å². The molecule has 2 aromatic rings. The molecule has 0 spiro atoms. The van der Waals surface area contributed by atoms with Crippen LogP contribution in [0.1, 0.15) is 5.69 Å². The van der Waals surface area contributed by atoms with Crippen LogP contribution in [-0.4, -0.2) is 30.0 Å². The normalized spacial score (nSPS) is 13.6. The Hall–Kier alpha value is -2.01. The molecule has 18 heavy (non-hydrogen) atoms. The van der Waals surface area contributed by atoms with E-state index in [0.717, 1.165) is 29.4 Å². The predicted octanol–water partition coefficient (Wildman–Crippen LogP) is 1.36. The molecule has 0 aliphatic carbocycles. The predicted molar refractivity (Wildman–Crippen MR) is 67.3 cm³/mol. The first kappa shape index (κ1) is 11.1. The Bertz CT molecular complexity index is 551. The SMILES string of the molecule is CNCc1ccn(-c2ccc3c(c2)OCCO3)n1. The van der Waals surface area contributed by atoms with E-state index in [2.05, 4.69) is 10.4 Å². The standard InChI is InChI=1S/C13H15N3O2/c1-14-9-10-4-5-16(15-10)11-2-3-12-13(8-11)18-7-6-17-12/h2-5,8,14H,6-7,9H2,1H3. The van der Waals surface area contributed by atoms with Gasteiger partial charge < -0.3 is 14.8 Å². The van der Waals surface area contributed by atoms with Crippen LogP contribution >= 0.6 is 0 Å². The number of aromatic nitrogens is 2. The summed E-state index contributed by atoms with van der Waals surface area (Å²) in [5.41, 5.74) is 1.98. The second-order valence-electron chi connectivity index (χ2n) is 4.11. The molecule has 1 N–H and O–H groups in total. The minimum Gasteiger partial charge on any atom is -0.486 e. The summed E-state index contributed by atoms with van der Waals surface area (Å²) in [6, 6.07) is 7.84. The first-order chi connectivity index (χ1) is 8.86. The van der Waals surface area contributed by atoms with E-state index in [1.165, 1.54) is 0 Å². The largest absolute Gasteiger partial charge is 0.486 e. The third-order valence-corrected chi connectivity index (χ3v) is 2.79. The maximum atomic E-state index is 5.56. The molecule has 5 nitrogen and oxygen atoms in total. The highest BCUT2D eigenvalue weighted by atomic mass is 16.6. The van der Waals surface area contributed by atoms with Crippen LogP contribution in [0.4, 0.5) is 0 Å². The zero-order valence-corrected chi connectivity index (χ0v) is 10.2. The van der Waals surface area contributed by atoms with Crippen molar-refractivity contribution in [1.29, 1.82) is 0 Å². The molecule has 0 fully saturated rings. The fourth-order valence-electron chi connectivity index (χ4n) is 1.96. The van der Waals surface area contributed by atoms with Crippen LogP contribution < -0.4 is 14.8 Å². The number of benzene rings is 1. The lowest BCUT2D eigenvalue weighted by Gasteiger charge is -2.18. The molecule has 1 aromatic heterocycles. The Balaban J connectivity index is 1.91. The highest BCUT2D eigenvalue weighted by Crippen LogP contribution is 2.31. The summed E-state index contributed by atoms with van der Waals surface area (Å²) in [5, 5.41) is 7.56. The molecule has 1 aliphatic rings. The summed E-state index contributed by atoms with van der Waals surface area (Å²) in [4.78, 5) is 0. The molecule has 1 aromatic carbocycles. The molecule has 0 atom stereocenters. The molecule has 94 valence electrons. The van der Waals surface area contributed by atoms with Gasteiger partial charge >= 0.3 is 0 Å². The number of hydrogen-bond donors (Lipinski definition) is 1. The van der Waals surface area contributed by atoms with Crippen LogP contribution in [0.2, 0.25) is 0 Å². The van der Waals surface area contributed by atoms with Crippen molar-refractivity contribution >= 4 is 0 Å². The van der Waals surface area contributed by atoms with Gasteiger partial charge in [-0.3, -0.25) is 0 Å². The Morgan fingerprint density at radius 1 is 1.22 bits per heavy atom. The summed E-state index contributed by atoms with van der Waals surface area (Å²) < 4.78 is 12.9. The van der Waals surface area contributed by atoms with Crippen molar-refractivity contribution in [2.45, 2.75) is 6.54 Å². The molecule has 0 amide bonds. The van der Waals surface area contributed by atoms with Crippen molar-refractivity contribution in [2.75, 3.05) is 20.3 Å². The highest BCUT2D eigenvalue weighted by Gasteiger charge is 2.12. The second kappa shape index (κ2) is 4.70. The van der Waals surface area contributed by atoms with Crippen molar-refractivity contribution in [3.8, 4) is 17.2 Å². The zero-order chi connectivity index (χ0) is 12.4. The maximum absolute atomic E-state index is 5.56. The second-order valence-corrected chi connectivity index (χ2v) is 4.11. The quantitative estimate of drug-likeness (QED) is 0.887. The summed E-state index contributed by atoms with van der Waals surface area (Å²) in [5.74, 6) is 1.58. The van der Waals surface area contributed by atoms with E-state index in [4.69, 9.17) is 9.47 Å². The van der Waals surface area contributed by atoms with Crippen molar-refractivity contribution in [1.82, 2.24) is 15.1 Å². The molecule has 1 aliphatic heterocycles. The monoisotopic (exact) mass is 245 g/mol. The molecular weight excluding hydrogens is 230 g/mol. The molecule has 2 heterocycles. The van der Waals surface area contributed by atoms with Gasteiger partial charge in [0.05, 0.1) is 11.4 Å². The number of nitrogens with zero attached hydrogens (tertiary/aromatic N) is 2. The van der Waals surface area contributed by atoms with Gasteiger partial charge in [0.1, 0.15) is 13.2 Å². The Labute approximate surface area is 105 Å². The van der Waals surface area contributed by atoms with Crippen LogP contribution in [0, 0.1) is 0 Å². The fraction of sp³-hybridized carbons (Fsp3) is 0.308. The van der Waals surface area contributed by atoms with Gasteiger partial charge in [0.15, 0.2) is 11.5 Å². The molecule has 5 heteroatoms. The van der Waals surface area contributed by atoms with Gasteiger partial charge in [0, 0.05) is 18.8 Å². The Kier molecular flexibility index (Phi) is 2.90. The lowest BCUT2D eigenvalue weighted by molar-refractivity contribution is 0.171. The molecular formula is C13H15N3O2. The number of hydrogen-bond acceptors (Lipinski definition) is 4.